The van der Waals surface area contributed by atoms with Gasteiger partial charge in [0.05, 0.1) is 17.1 Å². The summed E-state index contributed by atoms with van der Waals surface area (Å²) >= 11 is 6.61. The lowest BCUT2D eigenvalue weighted by Gasteiger charge is -2.21. The molecule has 3 nitrogen and oxygen atoms in total. The molecule has 1 atom stereocenters. The Morgan fingerprint density at radius 2 is 2.27 bits per heavy atom. The van der Waals surface area contributed by atoms with E-state index in [0.29, 0.717) is 23.7 Å². The zero-order valence-electron chi connectivity index (χ0n) is 7.92. The molecule has 2 rings (SSSR count). The lowest BCUT2D eigenvalue weighted by molar-refractivity contribution is 0.0945. The Bertz CT molecular complexity index is 417. The predicted molar refractivity (Wildman–Crippen MR) is 63.2 cm³/mol. The molecule has 1 aliphatic rings. The molecule has 1 unspecified atom stereocenters. The highest BCUT2D eigenvalue weighted by atomic mass is 79.9. The molecule has 1 aliphatic heterocycles. The van der Waals surface area contributed by atoms with E-state index in [1.54, 1.807) is 19.2 Å². The van der Waals surface area contributed by atoms with Crippen LogP contribution in [0.15, 0.2) is 16.6 Å². The third-order valence-corrected chi connectivity index (χ3v) is 3.45. The number of ether oxygens (including phenoxy) is 2. The van der Waals surface area contributed by atoms with E-state index in [0.717, 1.165) is 4.47 Å². The van der Waals surface area contributed by atoms with Gasteiger partial charge in [-0.3, -0.25) is 4.79 Å². The van der Waals surface area contributed by atoms with Gasteiger partial charge in [0, 0.05) is 0 Å². The predicted octanol–water partition coefficient (Wildman–Crippen LogP) is 2.80. The van der Waals surface area contributed by atoms with E-state index in [1.165, 1.54) is 0 Å². The molecule has 0 fully saturated rings. The molecule has 0 saturated heterocycles. The van der Waals surface area contributed by atoms with Crippen molar-refractivity contribution >= 4 is 37.6 Å². The number of methoxy groups -OCH3 is 1. The standard InChI is InChI=1S/C10H8Br2O3/c1-14-5-2-6-9(13)8(12)4-15-10(6)7(11)3-5/h2-3,8H,4H2,1H3. The van der Waals surface area contributed by atoms with Gasteiger partial charge in [0.1, 0.15) is 22.9 Å². The van der Waals surface area contributed by atoms with E-state index in [2.05, 4.69) is 31.9 Å². The van der Waals surface area contributed by atoms with Crippen LogP contribution in [0.5, 0.6) is 11.5 Å². The van der Waals surface area contributed by atoms with Crippen LogP contribution in [0.3, 0.4) is 0 Å². The first kappa shape index (κ1) is 11.0. The van der Waals surface area contributed by atoms with Crippen LogP contribution in [0.4, 0.5) is 0 Å². The molecule has 0 N–H and O–H groups in total. The average Bonchev–Trinajstić information content (AvgIpc) is 2.23. The number of hydrogen-bond acceptors (Lipinski definition) is 3. The van der Waals surface area contributed by atoms with E-state index in [-0.39, 0.29) is 10.6 Å². The Labute approximate surface area is 104 Å². The highest BCUT2D eigenvalue weighted by molar-refractivity contribution is 9.10. The minimum absolute atomic E-state index is 0.0239. The number of carbonyl (C=O) groups excluding carboxylic acids is 1. The quantitative estimate of drug-likeness (QED) is 0.740. The third-order valence-electron chi connectivity index (χ3n) is 2.18. The van der Waals surface area contributed by atoms with Crippen LogP contribution in [0.1, 0.15) is 10.4 Å². The van der Waals surface area contributed by atoms with Crippen LogP contribution in [0.2, 0.25) is 0 Å². The topological polar surface area (TPSA) is 35.5 Å². The van der Waals surface area contributed by atoms with Crippen LogP contribution in [-0.2, 0) is 0 Å². The Hall–Kier alpha value is -0.550. The van der Waals surface area contributed by atoms with Gasteiger partial charge in [-0.05, 0) is 28.1 Å². The zero-order valence-corrected chi connectivity index (χ0v) is 11.1. The third kappa shape index (κ3) is 1.90. The molecule has 5 heteroatoms. The first-order valence-corrected chi connectivity index (χ1v) is 6.03. The Kier molecular flexibility index (Phi) is 3.02. The molecule has 0 saturated carbocycles. The Morgan fingerprint density at radius 3 is 2.93 bits per heavy atom. The summed E-state index contributed by atoms with van der Waals surface area (Å²) in [4.78, 5) is 11.6. The van der Waals surface area contributed by atoms with Gasteiger partial charge in [-0.15, -0.1) is 0 Å². The second-order valence-corrected chi connectivity index (χ2v) is 5.09. The second kappa shape index (κ2) is 4.14. The zero-order chi connectivity index (χ0) is 11.0. The second-order valence-electron chi connectivity index (χ2n) is 3.13. The van der Waals surface area contributed by atoms with Gasteiger partial charge in [0.25, 0.3) is 0 Å². The van der Waals surface area contributed by atoms with Crippen molar-refractivity contribution in [2.75, 3.05) is 13.7 Å². The van der Waals surface area contributed by atoms with Crippen molar-refractivity contribution in [2.45, 2.75) is 4.83 Å². The molecule has 1 aromatic rings. The van der Waals surface area contributed by atoms with Crippen molar-refractivity contribution in [1.29, 1.82) is 0 Å². The maximum absolute atomic E-state index is 11.8. The summed E-state index contributed by atoms with van der Waals surface area (Å²) in [5.74, 6) is 1.26. The Balaban J connectivity index is 2.56. The number of rotatable bonds is 1. The largest absolute Gasteiger partial charge is 0.497 e. The smallest absolute Gasteiger partial charge is 0.183 e. The highest BCUT2D eigenvalue weighted by Gasteiger charge is 2.28. The van der Waals surface area contributed by atoms with Crippen molar-refractivity contribution in [3.8, 4) is 11.5 Å². The number of Topliss-reactive ketones (excluding diaryl/α,β-unsaturated/α-hetero) is 1. The Morgan fingerprint density at radius 1 is 1.53 bits per heavy atom. The first-order chi connectivity index (χ1) is 7.13. The summed E-state index contributed by atoms with van der Waals surface area (Å²) < 4.78 is 11.3. The molecule has 1 aromatic carbocycles. The number of ketones is 1. The summed E-state index contributed by atoms with van der Waals surface area (Å²) in [5.41, 5.74) is 0.550. The number of carbonyl (C=O) groups is 1. The molecule has 0 amide bonds. The van der Waals surface area contributed by atoms with E-state index < -0.39 is 0 Å². The van der Waals surface area contributed by atoms with Gasteiger partial charge in [-0.2, -0.15) is 0 Å². The molecule has 0 spiro atoms. The molecule has 80 valence electrons. The van der Waals surface area contributed by atoms with E-state index in [4.69, 9.17) is 9.47 Å². The molecule has 1 heterocycles. The number of fused-ring (bicyclic) bond motifs is 1. The maximum atomic E-state index is 11.8. The van der Waals surface area contributed by atoms with E-state index in [1.807, 2.05) is 0 Å². The minimum Gasteiger partial charge on any atom is -0.497 e. The molecular formula is C10H8Br2O3. The number of halogens is 2. The first-order valence-electron chi connectivity index (χ1n) is 4.32. The maximum Gasteiger partial charge on any atom is 0.183 e. The summed E-state index contributed by atoms with van der Waals surface area (Å²) in [6.07, 6.45) is 0. The van der Waals surface area contributed by atoms with Crippen LogP contribution < -0.4 is 9.47 Å². The minimum atomic E-state index is -0.274. The van der Waals surface area contributed by atoms with Crippen molar-refractivity contribution in [3.63, 3.8) is 0 Å². The fourth-order valence-electron chi connectivity index (χ4n) is 1.42. The van der Waals surface area contributed by atoms with Crippen molar-refractivity contribution in [1.82, 2.24) is 0 Å². The molecule has 0 radical (unpaired) electrons. The van der Waals surface area contributed by atoms with E-state index >= 15 is 0 Å². The summed E-state index contributed by atoms with van der Waals surface area (Å²) in [6, 6.07) is 3.47. The SMILES string of the molecule is COc1cc(Br)c2c(c1)C(=O)C(Br)CO2. The van der Waals surface area contributed by atoms with Crippen molar-refractivity contribution in [3.05, 3.63) is 22.2 Å². The van der Waals surface area contributed by atoms with Crippen LogP contribution in [0.25, 0.3) is 0 Å². The fraction of sp³-hybridized carbons (Fsp3) is 0.300. The summed E-state index contributed by atoms with van der Waals surface area (Å²) in [5, 5.41) is 0. The highest BCUT2D eigenvalue weighted by Crippen LogP contribution is 2.37. The summed E-state index contributed by atoms with van der Waals surface area (Å²) in [6.45, 7) is 0.358. The molecule has 0 aliphatic carbocycles. The molecular weight excluding hydrogens is 328 g/mol. The monoisotopic (exact) mass is 334 g/mol. The molecule has 0 bridgehead atoms. The van der Waals surface area contributed by atoms with Gasteiger partial charge in [-0.25, -0.2) is 0 Å². The molecule has 15 heavy (non-hydrogen) atoms. The lowest BCUT2D eigenvalue weighted by Crippen LogP contribution is -2.28. The number of benzene rings is 1. The van der Waals surface area contributed by atoms with Gasteiger partial charge in [-0.1, -0.05) is 15.9 Å². The van der Waals surface area contributed by atoms with Crippen LogP contribution in [-0.4, -0.2) is 24.3 Å². The van der Waals surface area contributed by atoms with Crippen molar-refractivity contribution in [2.24, 2.45) is 0 Å². The van der Waals surface area contributed by atoms with Gasteiger partial charge < -0.3 is 9.47 Å². The number of hydrogen-bond donors (Lipinski definition) is 0. The summed E-state index contributed by atoms with van der Waals surface area (Å²) in [7, 11) is 1.56. The van der Waals surface area contributed by atoms with Crippen LogP contribution >= 0.6 is 31.9 Å². The van der Waals surface area contributed by atoms with Crippen molar-refractivity contribution < 1.29 is 14.3 Å². The van der Waals surface area contributed by atoms with Gasteiger partial charge >= 0.3 is 0 Å². The fourth-order valence-corrected chi connectivity index (χ4v) is 2.35. The van der Waals surface area contributed by atoms with Gasteiger partial charge in [0.2, 0.25) is 0 Å². The lowest BCUT2D eigenvalue weighted by atomic mass is 10.0. The van der Waals surface area contributed by atoms with Gasteiger partial charge in [0.15, 0.2) is 5.78 Å². The number of alkyl halides is 1. The normalized spacial score (nSPS) is 19.4. The van der Waals surface area contributed by atoms with E-state index in [9.17, 15) is 4.79 Å². The van der Waals surface area contributed by atoms with Crippen LogP contribution in [0, 0.1) is 0 Å². The molecule has 0 aromatic heterocycles. The average molecular weight is 336 g/mol.